The normalized spacial score (nSPS) is 22.6. The van der Waals surface area contributed by atoms with Gasteiger partial charge in [-0.05, 0) is 38.2 Å². The van der Waals surface area contributed by atoms with Gasteiger partial charge < -0.3 is 14.9 Å². The van der Waals surface area contributed by atoms with Crippen molar-refractivity contribution >= 4 is 5.91 Å². The SMILES string of the molecule is CN(C)C[C@]1(O)CCN(C(=O)Cc2cccc(F)c2)C1. The molecule has 110 valence electrons. The first-order valence-corrected chi connectivity index (χ1v) is 6.77. The molecule has 0 unspecified atom stereocenters. The number of halogens is 1. The molecule has 0 aliphatic carbocycles. The predicted octanol–water partition coefficient (Wildman–Crippen LogP) is 0.893. The molecule has 1 atom stereocenters. The van der Waals surface area contributed by atoms with Crippen LogP contribution in [0.25, 0.3) is 0 Å². The van der Waals surface area contributed by atoms with Crippen molar-refractivity contribution in [3.63, 3.8) is 0 Å². The number of rotatable bonds is 4. The maximum atomic E-state index is 13.1. The number of aliphatic hydroxyl groups is 1. The van der Waals surface area contributed by atoms with Crippen LogP contribution in [0.1, 0.15) is 12.0 Å². The standard InChI is InChI=1S/C15H21FN2O2/c1-17(2)10-15(20)6-7-18(11-15)14(19)9-12-4-3-5-13(16)8-12/h3-5,8,20H,6-7,9-11H2,1-2H3/t15-/m1/s1. The Bertz CT molecular complexity index is 493. The fraction of sp³-hybridized carbons (Fsp3) is 0.533. The number of hydrogen-bond donors (Lipinski definition) is 1. The van der Waals surface area contributed by atoms with E-state index in [1.54, 1.807) is 17.0 Å². The molecule has 4 nitrogen and oxygen atoms in total. The Balaban J connectivity index is 1.95. The summed E-state index contributed by atoms with van der Waals surface area (Å²) in [4.78, 5) is 15.8. The van der Waals surface area contributed by atoms with Crippen molar-refractivity contribution in [2.45, 2.75) is 18.4 Å². The molecule has 20 heavy (non-hydrogen) atoms. The largest absolute Gasteiger partial charge is 0.387 e. The number of carbonyl (C=O) groups excluding carboxylic acids is 1. The number of hydrogen-bond acceptors (Lipinski definition) is 3. The highest BCUT2D eigenvalue weighted by Gasteiger charge is 2.38. The number of nitrogens with zero attached hydrogens (tertiary/aromatic N) is 2. The molecule has 1 aromatic carbocycles. The van der Waals surface area contributed by atoms with Crippen LogP contribution in [0, 0.1) is 5.82 Å². The molecule has 0 bridgehead atoms. The Morgan fingerprint density at radius 1 is 1.50 bits per heavy atom. The van der Waals surface area contributed by atoms with Gasteiger partial charge >= 0.3 is 0 Å². The third kappa shape index (κ3) is 3.77. The zero-order chi connectivity index (χ0) is 14.8. The number of carbonyl (C=O) groups is 1. The molecule has 1 saturated heterocycles. The van der Waals surface area contributed by atoms with Gasteiger partial charge in [0.2, 0.25) is 5.91 Å². The summed E-state index contributed by atoms with van der Waals surface area (Å²) in [5.74, 6) is -0.397. The molecule has 1 fully saturated rings. The Labute approximate surface area is 118 Å². The van der Waals surface area contributed by atoms with Crippen LogP contribution in [0.5, 0.6) is 0 Å². The average Bonchev–Trinajstić information content (AvgIpc) is 2.70. The number of amides is 1. The molecule has 1 aliphatic heterocycles. The van der Waals surface area contributed by atoms with E-state index >= 15 is 0 Å². The van der Waals surface area contributed by atoms with E-state index in [4.69, 9.17) is 0 Å². The van der Waals surface area contributed by atoms with E-state index in [1.165, 1.54) is 12.1 Å². The first-order chi connectivity index (χ1) is 9.38. The molecular weight excluding hydrogens is 259 g/mol. The number of likely N-dealkylation sites (tertiary alicyclic amines) is 1. The first kappa shape index (κ1) is 14.9. The minimum Gasteiger partial charge on any atom is -0.387 e. The Morgan fingerprint density at radius 2 is 2.25 bits per heavy atom. The fourth-order valence-corrected chi connectivity index (χ4v) is 2.72. The summed E-state index contributed by atoms with van der Waals surface area (Å²) >= 11 is 0. The molecule has 0 saturated carbocycles. The van der Waals surface area contributed by atoms with Crippen molar-refractivity contribution in [3.8, 4) is 0 Å². The second-order valence-corrected chi connectivity index (χ2v) is 5.83. The molecule has 5 heteroatoms. The van der Waals surface area contributed by atoms with Gasteiger partial charge in [-0.2, -0.15) is 0 Å². The first-order valence-electron chi connectivity index (χ1n) is 6.77. The molecule has 0 aromatic heterocycles. The van der Waals surface area contributed by atoms with Gasteiger partial charge in [0.05, 0.1) is 18.6 Å². The van der Waals surface area contributed by atoms with Crippen LogP contribution in [0.4, 0.5) is 4.39 Å². The zero-order valence-corrected chi connectivity index (χ0v) is 12.0. The average molecular weight is 280 g/mol. The van der Waals surface area contributed by atoms with Gasteiger partial charge in [0, 0.05) is 13.1 Å². The van der Waals surface area contributed by atoms with E-state index in [-0.39, 0.29) is 18.1 Å². The molecule has 2 rings (SSSR count). The highest BCUT2D eigenvalue weighted by Crippen LogP contribution is 2.22. The van der Waals surface area contributed by atoms with Crippen LogP contribution in [-0.4, -0.2) is 60.1 Å². The molecule has 1 heterocycles. The van der Waals surface area contributed by atoms with Crippen LogP contribution < -0.4 is 0 Å². The highest BCUT2D eigenvalue weighted by atomic mass is 19.1. The lowest BCUT2D eigenvalue weighted by Crippen LogP contribution is -2.43. The molecule has 1 aromatic rings. The second kappa shape index (κ2) is 5.89. The highest BCUT2D eigenvalue weighted by molar-refractivity contribution is 5.79. The lowest BCUT2D eigenvalue weighted by Gasteiger charge is -2.26. The van der Waals surface area contributed by atoms with E-state index in [9.17, 15) is 14.3 Å². The van der Waals surface area contributed by atoms with Crippen LogP contribution in [0.3, 0.4) is 0 Å². The summed E-state index contributed by atoms with van der Waals surface area (Å²) in [5.41, 5.74) is -0.167. The molecule has 0 spiro atoms. The van der Waals surface area contributed by atoms with Crippen molar-refractivity contribution in [2.75, 3.05) is 33.7 Å². The van der Waals surface area contributed by atoms with Gasteiger partial charge in [-0.15, -0.1) is 0 Å². The molecule has 1 amide bonds. The van der Waals surface area contributed by atoms with E-state index < -0.39 is 5.60 Å². The number of likely N-dealkylation sites (N-methyl/N-ethyl adjacent to an activating group) is 1. The van der Waals surface area contributed by atoms with Gasteiger partial charge in [0.15, 0.2) is 0 Å². The van der Waals surface area contributed by atoms with Gasteiger partial charge in [-0.1, -0.05) is 12.1 Å². The quantitative estimate of drug-likeness (QED) is 0.891. The van der Waals surface area contributed by atoms with Crippen LogP contribution in [-0.2, 0) is 11.2 Å². The van der Waals surface area contributed by atoms with Crippen molar-refractivity contribution in [3.05, 3.63) is 35.6 Å². The predicted molar refractivity (Wildman–Crippen MR) is 74.8 cm³/mol. The number of β-amino-alcohol motifs (C(OH)–C–C–N with tert-alkyl or cyclic N) is 1. The summed E-state index contributed by atoms with van der Waals surface area (Å²) in [5, 5.41) is 10.4. The number of benzene rings is 1. The fourth-order valence-electron chi connectivity index (χ4n) is 2.72. The van der Waals surface area contributed by atoms with Crippen molar-refractivity contribution in [1.82, 2.24) is 9.80 Å². The molecule has 1 aliphatic rings. The van der Waals surface area contributed by atoms with E-state index in [0.29, 0.717) is 31.6 Å². The summed E-state index contributed by atoms with van der Waals surface area (Å²) in [7, 11) is 3.80. The summed E-state index contributed by atoms with van der Waals surface area (Å²) < 4.78 is 13.1. The Hall–Kier alpha value is -1.46. The zero-order valence-electron chi connectivity index (χ0n) is 12.0. The van der Waals surface area contributed by atoms with E-state index in [2.05, 4.69) is 0 Å². The lowest BCUT2D eigenvalue weighted by atomic mass is 10.0. The third-order valence-electron chi connectivity index (χ3n) is 3.54. The van der Waals surface area contributed by atoms with E-state index in [0.717, 1.165) is 0 Å². The third-order valence-corrected chi connectivity index (χ3v) is 3.54. The second-order valence-electron chi connectivity index (χ2n) is 5.83. The summed E-state index contributed by atoms with van der Waals surface area (Å²) in [6.45, 7) is 1.44. The molecular formula is C15H21FN2O2. The van der Waals surface area contributed by atoms with E-state index in [1.807, 2.05) is 19.0 Å². The Morgan fingerprint density at radius 3 is 2.90 bits per heavy atom. The smallest absolute Gasteiger partial charge is 0.227 e. The minimum atomic E-state index is -0.832. The topological polar surface area (TPSA) is 43.8 Å². The van der Waals surface area contributed by atoms with Gasteiger partial charge in [-0.25, -0.2) is 4.39 Å². The van der Waals surface area contributed by atoms with Crippen molar-refractivity contribution < 1.29 is 14.3 Å². The van der Waals surface area contributed by atoms with Crippen molar-refractivity contribution in [2.24, 2.45) is 0 Å². The monoisotopic (exact) mass is 280 g/mol. The summed E-state index contributed by atoms with van der Waals surface area (Å²) in [6.07, 6.45) is 0.760. The summed E-state index contributed by atoms with van der Waals surface area (Å²) in [6, 6.07) is 6.08. The van der Waals surface area contributed by atoms with Crippen LogP contribution >= 0.6 is 0 Å². The van der Waals surface area contributed by atoms with Crippen LogP contribution in [0.2, 0.25) is 0 Å². The molecule has 1 N–H and O–H groups in total. The Kier molecular flexibility index (Phi) is 4.40. The van der Waals surface area contributed by atoms with Crippen molar-refractivity contribution in [1.29, 1.82) is 0 Å². The van der Waals surface area contributed by atoms with Gasteiger partial charge in [0.25, 0.3) is 0 Å². The van der Waals surface area contributed by atoms with Gasteiger partial charge in [-0.3, -0.25) is 4.79 Å². The maximum Gasteiger partial charge on any atom is 0.227 e. The maximum absolute atomic E-state index is 13.1. The lowest BCUT2D eigenvalue weighted by molar-refractivity contribution is -0.130. The minimum absolute atomic E-state index is 0.0646. The van der Waals surface area contributed by atoms with Gasteiger partial charge in [0.1, 0.15) is 5.82 Å². The molecule has 0 radical (unpaired) electrons. The van der Waals surface area contributed by atoms with Crippen LogP contribution in [0.15, 0.2) is 24.3 Å².